The number of aromatic nitrogens is 2. The maximum Gasteiger partial charge on any atom is 0.255 e. The van der Waals surface area contributed by atoms with E-state index in [0.717, 1.165) is 22.4 Å². The van der Waals surface area contributed by atoms with Gasteiger partial charge < -0.3 is 10.3 Å². The molecule has 0 fully saturated rings. The quantitative estimate of drug-likeness (QED) is 0.440. The Kier molecular flexibility index (Phi) is 4.60. The fourth-order valence-corrected chi connectivity index (χ4v) is 3.11. The Labute approximate surface area is 166 Å². The van der Waals surface area contributed by atoms with Gasteiger partial charge in [0.05, 0.1) is 21.1 Å². The molecular weight excluding hydrogens is 381 g/mol. The molecule has 4 rings (SSSR count). The number of nitrogens with zero attached hydrogens (tertiary/aromatic N) is 1. The van der Waals surface area contributed by atoms with Crippen molar-refractivity contribution in [3.05, 3.63) is 81.8 Å². The molecule has 4 nitrogen and oxygen atoms in total. The predicted octanol–water partition coefficient (Wildman–Crippen LogP) is 6.10. The van der Waals surface area contributed by atoms with Crippen LogP contribution in [0.15, 0.2) is 60.7 Å². The van der Waals surface area contributed by atoms with E-state index in [0.29, 0.717) is 21.3 Å². The van der Waals surface area contributed by atoms with Crippen molar-refractivity contribution in [1.29, 1.82) is 0 Å². The summed E-state index contributed by atoms with van der Waals surface area (Å²) in [4.78, 5) is 20.3. The molecule has 6 heteroatoms. The van der Waals surface area contributed by atoms with E-state index in [1.54, 1.807) is 30.3 Å². The van der Waals surface area contributed by atoms with Gasteiger partial charge in [0.15, 0.2) is 0 Å². The molecule has 2 N–H and O–H groups in total. The SMILES string of the molecule is Cc1ccc2nc(-c3ccc(C(=O)Nc4ccc(Cl)c(Cl)c4)cc3)[nH]c2c1. The van der Waals surface area contributed by atoms with E-state index in [9.17, 15) is 4.79 Å². The number of H-pyrrole nitrogens is 1. The van der Waals surface area contributed by atoms with Crippen molar-refractivity contribution in [2.24, 2.45) is 0 Å². The van der Waals surface area contributed by atoms with Gasteiger partial charge in [-0.2, -0.15) is 0 Å². The van der Waals surface area contributed by atoms with E-state index in [2.05, 4.69) is 21.4 Å². The van der Waals surface area contributed by atoms with Gasteiger partial charge in [-0.3, -0.25) is 4.79 Å². The number of hydrogen-bond acceptors (Lipinski definition) is 2. The first-order valence-electron chi connectivity index (χ1n) is 8.33. The number of fused-ring (bicyclic) bond motifs is 1. The third kappa shape index (κ3) is 3.68. The van der Waals surface area contributed by atoms with E-state index >= 15 is 0 Å². The molecule has 1 aromatic heterocycles. The van der Waals surface area contributed by atoms with E-state index < -0.39 is 0 Å². The number of aryl methyl sites for hydroxylation is 1. The summed E-state index contributed by atoms with van der Waals surface area (Å²) in [5.74, 6) is 0.548. The van der Waals surface area contributed by atoms with Crippen LogP contribution in [0.1, 0.15) is 15.9 Å². The van der Waals surface area contributed by atoms with Gasteiger partial charge in [0.1, 0.15) is 5.82 Å². The number of anilines is 1. The van der Waals surface area contributed by atoms with Gasteiger partial charge in [-0.1, -0.05) is 41.4 Å². The molecule has 0 aliphatic rings. The lowest BCUT2D eigenvalue weighted by Crippen LogP contribution is -2.11. The Hall–Kier alpha value is -2.82. The summed E-state index contributed by atoms with van der Waals surface area (Å²) in [5, 5.41) is 3.65. The first-order valence-corrected chi connectivity index (χ1v) is 9.08. The van der Waals surface area contributed by atoms with E-state index in [4.69, 9.17) is 23.2 Å². The molecule has 0 aliphatic carbocycles. The molecule has 134 valence electrons. The van der Waals surface area contributed by atoms with Crippen LogP contribution in [0.4, 0.5) is 5.69 Å². The van der Waals surface area contributed by atoms with Crippen LogP contribution in [-0.2, 0) is 0 Å². The molecule has 4 aromatic rings. The molecule has 0 saturated carbocycles. The zero-order valence-electron chi connectivity index (χ0n) is 14.4. The van der Waals surface area contributed by atoms with Crippen LogP contribution in [0.2, 0.25) is 10.0 Å². The highest BCUT2D eigenvalue weighted by Crippen LogP contribution is 2.26. The van der Waals surface area contributed by atoms with Crippen molar-refractivity contribution in [3.8, 4) is 11.4 Å². The van der Waals surface area contributed by atoms with E-state index in [1.165, 1.54) is 5.56 Å². The summed E-state index contributed by atoms with van der Waals surface area (Å²) in [6.45, 7) is 2.04. The Balaban J connectivity index is 1.55. The highest BCUT2D eigenvalue weighted by atomic mass is 35.5. The minimum absolute atomic E-state index is 0.222. The molecule has 0 radical (unpaired) electrons. The third-order valence-corrected chi connectivity index (χ3v) is 4.97. The summed E-state index contributed by atoms with van der Waals surface area (Å²) < 4.78 is 0. The molecule has 0 spiro atoms. The van der Waals surface area contributed by atoms with Gasteiger partial charge in [0, 0.05) is 16.8 Å². The van der Waals surface area contributed by atoms with Crippen LogP contribution in [-0.4, -0.2) is 15.9 Å². The van der Waals surface area contributed by atoms with E-state index in [1.807, 2.05) is 31.2 Å². The first kappa shape index (κ1) is 17.6. The lowest BCUT2D eigenvalue weighted by atomic mass is 10.1. The van der Waals surface area contributed by atoms with Crippen LogP contribution in [0.25, 0.3) is 22.4 Å². The summed E-state index contributed by atoms with van der Waals surface area (Å²) >= 11 is 11.9. The van der Waals surface area contributed by atoms with Crippen molar-refractivity contribution in [2.75, 3.05) is 5.32 Å². The summed E-state index contributed by atoms with van der Waals surface area (Å²) in [6, 6.07) is 18.3. The van der Waals surface area contributed by atoms with Crippen LogP contribution in [0, 0.1) is 6.92 Å². The Morgan fingerprint density at radius 2 is 1.74 bits per heavy atom. The van der Waals surface area contributed by atoms with Gasteiger partial charge in [-0.15, -0.1) is 0 Å². The zero-order valence-corrected chi connectivity index (χ0v) is 15.9. The number of aromatic amines is 1. The summed E-state index contributed by atoms with van der Waals surface area (Å²) in [6.07, 6.45) is 0. The highest BCUT2D eigenvalue weighted by molar-refractivity contribution is 6.42. The molecule has 0 atom stereocenters. The number of rotatable bonds is 3. The smallest absolute Gasteiger partial charge is 0.255 e. The minimum atomic E-state index is -0.222. The standard InChI is InChI=1S/C21H15Cl2N3O/c1-12-2-9-18-19(10-12)26-20(25-18)13-3-5-14(6-4-13)21(27)24-15-7-8-16(22)17(23)11-15/h2-11H,1H3,(H,24,27)(H,25,26). The fraction of sp³-hybridized carbons (Fsp3) is 0.0476. The van der Waals surface area contributed by atoms with Gasteiger partial charge >= 0.3 is 0 Å². The first-order chi connectivity index (χ1) is 13.0. The summed E-state index contributed by atoms with van der Waals surface area (Å²) in [7, 11) is 0. The number of amides is 1. The van der Waals surface area contributed by atoms with Crippen LogP contribution < -0.4 is 5.32 Å². The average molecular weight is 396 g/mol. The molecule has 1 amide bonds. The maximum atomic E-state index is 12.4. The average Bonchev–Trinajstić information content (AvgIpc) is 3.08. The second kappa shape index (κ2) is 7.06. The third-order valence-electron chi connectivity index (χ3n) is 4.24. The number of carbonyl (C=O) groups excluding carboxylic acids is 1. The molecule has 0 bridgehead atoms. The predicted molar refractivity (Wildman–Crippen MR) is 111 cm³/mol. The second-order valence-electron chi connectivity index (χ2n) is 6.27. The van der Waals surface area contributed by atoms with Gasteiger partial charge in [0.2, 0.25) is 0 Å². The molecule has 3 aromatic carbocycles. The van der Waals surface area contributed by atoms with Crippen molar-refractivity contribution < 1.29 is 4.79 Å². The number of benzene rings is 3. The highest BCUT2D eigenvalue weighted by Gasteiger charge is 2.10. The van der Waals surface area contributed by atoms with Crippen LogP contribution in [0.3, 0.4) is 0 Å². The van der Waals surface area contributed by atoms with Crippen molar-refractivity contribution in [1.82, 2.24) is 9.97 Å². The fourth-order valence-electron chi connectivity index (χ4n) is 2.82. The Bertz CT molecular complexity index is 1150. The Morgan fingerprint density at radius 3 is 2.48 bits per heavy atom. The second-order valence-corrected chi connectivity index (χ2v) is 7.08. The van der Waals surface area contributed by atoms with Crippen LogP contribution >= 0.6 is 23.2 Å². The van der Waals surface area contributed by atoms with Gasteiger partial charge in [0.25, 0.3) is 5.91 Å². The number of nitrogens with one attached hydrogen (secondary N) is 2. The molecule has 0 aliphatic heterocycles. The summed E-state index contributed by atoms with van der Waals surface area (Å²) in [5.41, 5.74) is 5.12. The molecule has 0 unspecified atom stereocenters. The van der Waals surface area contributed by atoms with Crippen LogP contribution in [0.5, 0.6) is 0 Å². The maximum absolute atomic E-state index is 12.4. The molecule has 1 heterocycles. The largest absolute Gasteiger partial charge is 0.338 e. The lowest BCUT2D eigenvalue weighted by Gasteiger charge is -2.07. The topological polar surface area (TPSA) is 57.8 Å². The number of imidazole rings is 1. The normalized spacial score (nSPS) is 10.9. The molecule has 27 heavy (non-hydrogen) atoms. The monoisotopic (exact) mass is 395 g/mol. The van der Waals surface area contributed by atoms with Crippen molar-refractivity contribution in [2.45, 2.75) is 6.92 Å². The molecular formula is C21H15Cl2N3O. The molecule has 0 saturated heterocycles. The van der Waals surface area contributed by atoms with E-state index in [-0.39, 0.29) is 5.91 Å². The number of carbonyl (C=O) groups is 1. The van der Waals surface area contributed by atoms with Crippen molar-refractivity contribution in [3.63, 3.8) is 0 Å². The minimum Gasteiger partial charge on any atom is -0.338 e. The van der Waals surface area contributed by atoms with Gasteiger partial charge in [-0.05, 0) is 55.0 Å². The lowest BCUT2D eigenvalue weighted by molar-refractivity contribution is 0.102. The number of halogens is 2. The van der Waals surface area contributed by atoms with Crippen molar-refractivity contribution >= 4 is 45.8 Å². The number of hydrogen-bond donors (Lipinski definition) is 2. The Morgan fingerprint density at radius 1 is 0.963 bits per heavy atom. The van der Waals surface area contributed by atoms with Gasteiger partial charge in [-0.25, -0.2) is 4.98 Å². The zero-order chi connectivity index (χ0) is 19.0.